The minimum absolute atomic E-state index is 0.397. The van der Waals surface area contributed by atoms with Gasteiger partial charge in [-0.25, -0.2) is 4.98 Å². The van der Waals surface area contributed by atoms with E-state index >= 15 is 0 Å². The molecule has 0 unspecified atom stereocenters. The number of aryl methyl sites for hydroxylation is 2. The van der Waals surface area contributed by atoms with Crippen LogP contribution in [0.3, 0.4) is 0 Å². The number of anilines is 1. The summed E-state index contributed by atoms with van der Waals surface area (Å²) < 4.78 is 5.56. The Bertz CT molecular complexity index is 505. The molecule has 0 spiro atoms. The van der Waals surface area contributed by atoms with Gasteiger partial charge < -0.3 is 20.7 Å². The number of thiocarbonyl (C=S) groups is 1. The fraction of sp³-hybridized carbons (Fsp3) is 0.600. The Morgan fingerprint density at radius 2 is 2.24 bits per heavy atom. The highest BCUT2D eigenvalue weighted by Crippen LogP contribution is 2.25. The van der Waals surface area contributed by atoms with Crippen molar-refractivity contribution in [3.8, 4) is 0 Å². The third kappa shape index (κ3) is 4.62. The maximum Gasteiger partial charge on any atom is 0.136 e. The van der Waals surface area contributed by atoms with Crippen molar-refractivity contribution in [2.24, 2.45) is 5.73 Å². The molecule has 0 radical (unpaired) electrons. The molecule has 2 rings (SSSR count). The van der Waals surface area contributed by atoms with Crippen LogP contribution in [0, 0.1) is 0 Å². The first kappa shape index (κ1) is 16.1. The molecule has 0 amide bonds. The number of hydrogen-bond acceptors (Lipinski definition) is 5. The normalized spacial score (nSPS) is 13.5. The Hall–Kier alpha value is -1.24. The average Bonchev–Trinajstić information content (AvgIpc) is 2.88. The zero-order chi connectivity index (χ0) is 15.2. The molecule has 0 atom stereocenters. The van der Waals surface area contributed by atoms with Crippen LogP contribution in [0.2, 0.25) is 0 Å². The molecule has 0 saturated heterocycles. The number of nitrogens with one attached hydrogen (secondary N) is 1. The van der Waals surface area contributed by atoms with Gasteiger partial charge in [0.15, 0.2) is 0 Å². The number of ether oxygens (including phenoxy) is 1. The molecule has 5 nitrogen and oxygen atoms in total. The van der Waals surface area contributed by atoms with Gasteiger partial charge in [-0.05, 0) is 45.0 Å². The second-order valence-electron chi connectivity index (χ2n) is 5.55. The summed E-state index contributed by atoms with van der Waals surface area (Å²) in [5.74, 6) is 0.791. The number of nitrogens with two attached hydrogens (primary N) is 1. The molecule has 0 bridgehead atoms. The number of aromatic nitrogens is 1. The molecule has 116 valence electrons. The van der Waals surface area contributed by atoms with Gasteiger partial charge in [0.2, 0.25) is 0 Å². The molecule has 1 aliphatic rings. The second-order valence-corrected chi connectivity index (χ2v) is 5.99. The first-order chi connectivity index (χ1) is 10.1. The highest BCUT2D eigenvalue weighted by molar-refractivity contribution is 7.80. The van der Waals surface area contributed by atoms with Crippen molar-refractivity contribution in [3.63, 3.8) is 0 Å². The Kier molecular flexibility index (Phi) is 5.90. The van der Waals surface area contributed by atoms with Crippen molar-refractivity contribution in [3.05, 3.63) is 22.9 Å². The van der Waals surface area contributed by atoms with E-state index in [2.05, 4.69) is 21.3 Å². The number of nitrogens with zero attached hydrogens (tertiary/aromatic N) is 2. The van der Waals surface area contributed by atoms with E-state index in [4.69, 9.17) is 22.7 Å². The van der Waals surface area contributed by atoms with Gasteiger partial charge >= 0.3 is 0 Å². The van der Waals surface area contributed by atoms with E-state index < -0.39 is 0 Å². The second kappa shape index (κ2) is 7.68. The van der Waals surface area contributed by atoms with Crippen molar-refractivity contribution >= 4 is 23.0 Å². The summed E-state index contributed by atoms with van der Waals surface area (Å²) in [6.07, 6.45) is 3.28. The predicted molar refractivity (Wildman–Crippen MR) is 90.0 cm³/mol. The lowest BCUT2D eigenvalue weighted by Gasteiger charge is -2.13. The summed E-state index contributed by atoms with van der Waals surface area (Å²) in [7, 11) is 4.06. The van der Waals surface area contributed by atoms with Crippen LogP contribution in [0.1, 0.15) is 23.2 Å². The molecule has 3 N–H and O–H groups in total. The standard InChI is InChI=1S/C15H24N4OS/c1-19(2)7-9-20-8-6-17-15-12(14(16)21)10-11-4-3-5-13(11)18-15/h10H,3-9H2,1-2H3,(H2,16,21)(H,17,18). The lowest BCUT2D eigenvalue weighted by Crippen LogP contribution is -2.21. The van der Waals surface area contributed by atoms with Crippen LogP contribution in [0.15, 0.2) is 6.07 Å². The average molecular weight is 308 g/mol. The fourth-order valence-corrected chi connectivity index (χ4v) is 2.54. The molecule has 1 aromatic heterocycles. The highest BCUT2D eigenvalue weighted by atomic mass is 32.1. The number of pyridine rings is 1. The monoisotopic (exact) mass is 308 g/mol. The number of fused-ring (bicyclic) bond motifs is 1. The highest BCUT2D eigenvalue weighted by Gasteiger charge is 2.17. The van der Waals surface area contributed by atoms with Crippen molar-refractivity contribution in [2.75, 3.05) is 45.7 Å². The van der Waals surface area contributed by atoms with Crippen molar-refractivity contribution in [1.82, 2.24) is 9.88 Å². The van der Waals surface area contributed by atoms with Crippen molar-refractivity contribution in [2.45, 2.75) is 19.3 Å². The Labute approximate surface area is 131 Å². The van der Waals surface area contributed by atoms with Crippen LogP contribution >= 0.6 is 12.2 Å². The molecular weight excluding hydrogens is 284 g/mol. The SMILES string of the molecule is CN(C)CCOCCNc1nc2c(cc1C(N)=S)CCC2. The zero-order valence-electron chi connectivity index (χ0n) is 12.8. The van der Waals surface area contributed by atoms with Gasteiger partial charge in [0.05, 0.1) is 18.8 Å². The molecule has 0 fully saturated rings. The van der Waals surface area contributed by atoms with E-state index in [1.807, 2.05) is 14.1 Å². The fourth-order valence-electron chi connectivity index (χ4n) is 2.39. The summed E-state index contributed by atoms with van der Waals surface area (Å²) in [5.41, 5.74) is 9.11. The molecule has 6 heteroatoms. The van der Waals surface area contributed by atoms with Crippen LogP contribution in [0.4, 0.5) is 5.82 Å². The largest absolute Gasteiger partial charge is 0.389 e. The molecular formula is C15H24N4OS. The van der Waals surface area contributed by atoms with Crippen molar-refractivity contribution < 1.29 is 4.74 Å². The minimum Gasteiger partial charge on any atom is -0.389 e. The van der Waals surface area contributed by atoms with E-state index in [-0.39, 0.29) is 0 Å². The minimum atomic E-state index is 0.397. The van der Waals surface area contributed by atoms with Gasteiger partial charge in [0, 0.05) is 18.8 Å². The number of rotatable bonds is 8. The lowest BCUT2D eigenvalue weighted by molar-refractivity contribution is 0.126. The van der Waals surface area contributed by atoms with Crippen LogP contribution in [-0.2, 0) is 17.6 Å². The summed E-state index contributed by atoms with van der Waals surface area (Å²) >= 11 is 5.13. The third-order valence-corrected chi connectivity index (χ3v) is 3.76. The first-order valence-electron chi connectivity index (χ1n) is 7.37. The summed E-state index contributed by atoms with van der Waals surface area (Å²) in [6, 6.07) is 2.09. The van der Waals surface area contributed by atoms with Crippen molar-refractivity contribution in [1.29, 1.82) is 0 Å². The summed E-state index contributed by atoms with van der Waals surface area (Å²) in [6.45, 7) is 3.00. The van der Waals surface area contributed by atoms with Gasteiger partial charge in [-0.2, -0.15) is 0 Å². The zero-order valence-corrected chi connectivity index (χ0v) is 13.6. The Balaban J connectivity index is 1.89. The van der Waals surface area contributed by atoms with Crippen LogP contribution < -0.4 is 11.1 Å². The topological polar surface area (TPSA) is 63.4 Å². The van der Waals surface area contributed by atoms with Gasteiger partial charge in [0.1, 0.15) is 10.8 Å². The molecule has 21 heavy (non-hydrogen) atoms. The Morgan fingerprint density at radius 1 is 1.43 bits per heavy atom. The number of likely N-dealkylation sites (N-methyl/N-ethyl adjacent to an activating group) is 1. The lowest BCUT2D eigenvalue weighted by atomic mass is 10.1. The first-order valence-corrected chi connectivity index (χ1v) is 7.77. The molecule has 1 aliphatic carbocycles. The van der Waals surface area contributed by atoms with Crippen LogP contribution in [0.25, 0.3) is 0 Å². The predicted octanol–water partition coefficient (Wildman–Crippen LogP) is 1.19. The summed E-state index contributed by atoms with van der Waals surface area (Å²) in [5, 5.41) is 3.30. The van der Waals surface area contributed by atoms with Gasteiger partial charge in [-0.3, -0.25) is 0 Å². The third-order valence-electron chi connectivity index (χ3n) is 3.54. The van der Waals surface area contributed by atoms with E-state index in [1.165, 1.54) is 11.3 Å². The smallest absolute Gasteiger partial charge is 0.136 e. The Morgan fingerprint density at radius 3 is 2.95 bits per heavy atom. The molecule has 1 aromatic rings. The molecule has 0 saturated carbocycles. The summed E-state index contributed by atoms with van der Waals surface area (Å²) in [4.78, 5) is 7.17. The maximum atomic E-state index is 5.81. The van der Waals surface area contributed by atoms with E-state index in [9.17, 15) is 0 Å². The van der Waals surface area contributed by atoms with E-state index in [1.54, 1.807) is 0 Å². The van der Waals surface area contributed by atoms with Crippen LogP contribution in [-0.4, -0.2) is 55.3 Å². The van der Waals surface area contributed by atoms with Gasteiger partial charge in [-0.1, -0.05) is 12.2 Å². The molecule has 0 aromatic carbocycles. The maximum absolute atomic E-state index is 5.81. The molecule has 0 aliphatic heterocycles. The number of hydrogen-bond donors (Lipinski definition) is 2. The van der Waals surface area contributed by atoms with Crippen LogP contribution in [0.5, 0.6) is 0 Å². The van der Waals surface area contributed by atoms with E-state index in [0.717, 1.165) is 43.8 Å². The quantitative estimate of drug-likeness (QED) is 0.556. The van der Waals surface area contributed by atoms with Gasteiger partial charge in [0.25, 0.3) is 0 Å². The molecule has 1 heterocycles. The van der Waals surface area contributed by atoms with E-state index in [0.29, 0.717) is 18.1 Å². The van der Waals surface area contributed by atoms with Gasteiger partial charge in [-0.15, -0.1) is 0 Å².